The Labute approximate surface area is 108 Å². The molecule has 0 radical (unpaired) electrons. The Kier molecular flexibility index (Phi) is 3.87. The SMILES string of the molecule is COc1[nH+]c(N(C)C)nc2c1N(C)CN2C.[Cl-]. The van der Waals surface area contributed by atoms with E-state index in [-0.39, 0.29) is 12.4 Å². The minimum atomic E-state index is 0. The van der Waals surface area contributed by atoms with Crippen molar-refractivity contribution in [1.29, 1.82) is 0 Å². The number of rotatable bonds is 2. The third-order valence-corrected chi connectivity index (χ3v) is 2.66. The molecule has 1 aliphatic rings. The van der Waals surface area contributed by atoms with Gasteiger partial charge in [0.2, 0.25) is 5.82 Å². The minimum absolute atomic E-state index is 0. The van der Waals surface area contributed by atoms with E-state index in [4.69, 9.17) is 4.74 Å². The van der Waals surface area contributed by atoms with Gasteiger partial charge in [-0.15, -0.1) is 0 Å². The number of aromatic amines is 1. The highest BCUT2D eigenvalue weighted by Crippen LogP contribution is 2.37. The van der Waals surface area contributed by atoms with Crippen molar-refractivity contribution >= 4 is 17.5 Å². The third-order valence-electron chi connectivity index (χ3n) is 2.66. The van der Waals surface area contributed by atoms with Crippen molar-refractivity contribution in [3.05, 3.63) is 0 Å². The number of aromatic nitrogens is 2. The predicted octanol–water partition coefficient (Wildman–Crippen LogP) is -3.18. The fourth-order valence-electron chi connectivity index (χ4n) is 1.87. The minimum Gasteiger partial charge on any atom is -1.00 e. The maximum atomic E-state index is 5.38. The van der Waals surface area contributed by atoms with Crippen LogP contribution >= 0.6 is 0 Å². The molecule has 2 rings (SSSR count). The lowest BCUT2D eigenvalue weighted by molar-refractivity contribution is -0.381. The molecule has 0 aromatic carbocycles. The number of hydrogen-bond donors (Lipinski definition) is 0. The fraction of sp³-hybridized carbons (Fsp3) is 0.600. The van der Waals surface area contributed by atoms with E-state index in [1.165, 1.54) is 0 Å². The summed E-state index contributed by atoms with van der Waals surface area (Å²) in [7, 11) is 9.61. The summed E-state index contributed by atoms with van der Waals surface area (Å²) in [5.41, 5.74) is 1.01. The molecule has 2 heterocycles. The lowest BCUT2D eigenvalue weighted by Gasteiger charge is -2.12. The molecule has 1 aromatic heterocycles. The number of anilines is 3. The van der Waals surface area contributed by atoms with Gasteiger partial charge in [-0.3, -0.25) is 4.90 Å². The van der Waals surface area contributed by atoms with Gasteiger partial charge in [-0.05, 0) is 0 Å². The fourth-order valence-corrected chi connectivity index (χ4v) is 1.87. The summed E-state index contributed by atoms with van der Waals surface area (Å²) in [5, 5.41) is 0. The van der Waals surface area contributed by atoms with Crippen LogP contribution in [0.25, 0.3) is 0 Å². The van der Waals surface area contributed by atoms with E-state index in [1.54, 1.807) is 7.11 Å². The average Bonchev–Trinajstić information content (AvgIpc) is 2.53. The Hall–Kier alpha value is -1.43. The van der Waals surface area contributed by atoms with Gasteiger partial charge in [-0.1, -0.05) is 4.98 Å². The first kappa shape index (κ1) is 13.6. The van der Waals surface area contributed by atoms with Gasteiger partial charge in [-0.25, -0.2) is 4.98 Å². The standard InChI is InChI=1S/C10H17N5O.ClH/c1-13(2)10-11-8-7(9(12-10)16-5)14(3)6-15(8)4;/h6H2,1-5H3;1H. The molecule has 0 atom stereocenters. The molecule has 0 amide bonds. The van der Waals surface area contributed by atoms with E-state index in [2.05, 4.69) is 19.8 Å². The van der Waals surface area contributed by atoms with Gasteiger partial charge in [0.1, 0.15) is 0 Å². The molecule has 96 valence electrons. The quantitative estimate of drug-likeness (QED) is 0.561. The second kappa shape index (κ2) is 4.83. The molecule has 6 nitrogen and oxygen atoms in total. The van der Waals surface area contributed by atoms with Crippen molar-refractivity contribution in [2.45, 2.75) is 0 Å². The average molecular weight is 260 g/mol. The van der Waals surface area contributed by atoms with Crippen molar-refractivity contribution in [2.24, 2.45) is 0 Å². The van der Waals surface area contributed by atoms with Crippen molar-refractivity contribution in [3.63, 3.8) is 0 Å². The van der Waals surface area contributed by atoms with E-state index >= 15 is 0 Å². The summed E-state index contributed by atoms with van der Waals surface area (Å²) in [5.74, 6) is 2.49. The smallest absolute Gasteiger partial charge is 0.396 e. The number of H-pyrrole nitrogens is 1. The number of nitrogens with one attached hydrogen (secondary N) is 1. The monoisotopic (exact) mass is 259 g/mol. The van der Waals surface area contributed by atoms with Gasteiger partial charge < -0.3 is 26.9 Å². The molecule has 1 N–H and O–H groups in total. The number of fused-ring (bicyclic) bond motifs is 1. The van der Waals surface area contributed by atoms with E-state index in [0.29, 0.717) is 0 Å². The highest BCUT2D eigenvalue weighted by molar-refractivity contribution is 5.76. The van der Waals surface area contributed by atoms with Crippen molar-refractivity contribution in [1.82, 2.24) is 4.98 Å². The van der Waals surface area contributed by atoms with E-state index in [1.807, 2.05) is 33.1 Å². The largest absolute Gasteiger partial charge is 1.00 e. The zero-order chi connectivity index (χ0) is 11.9. The first-order valence-electron chi connectivity index (χ1n) is 5.15. The molecule has 1 aliphatic heterocycles. The van der Waals surface area contributed by atoms with Crippen LogP contribution < -0.4 is 36.8 Å². The van der Waals surface area contributed by atoms with Crippen molar-refractivity contribution < 1.29 is 22.1 Å². The predicted molar refractivity (Wildman–Crippen MR) is 63.3 cm³/mol. The zero-order valence-electron chi connectivity index (χ0n) is 10.8. The molecule has 7 heteroatoms. The highest BCUT2D eigenvalue weighted by Gasteiger charge is 2.32. The Balaban J connectivity index is 0.00000144. The molecule has 0 bridgehead atoms. The number of nitrogens with zero attached hydrogens (tertiary/aromatic N) is 4. The number of halogens is 1. The number of methoxy groups -OCH3 is 1. The molecule has 0 saturated carbocycles. The van der Waals surface area contributed by atoms with Crippen LogP contribution in [-0.4, -0.2) is 47.0 Å². The Morgan fingerprint density at radius 2 is 1.94 bits per heavy atom. The van der Waals surface area contributed by atoms with Gasteiger partial charge in [0.25, 0.3) is 5.88 Å². The molecule has 0 aliphatic carbocycles. The Bertz CT molecular complexity index is 412. The van der Waals surface area contributed by atoms with E-state index in [0.717, 1.165) is 30.0 Å². The third kappa shape index (κ3) is 2.17. The van der Waals surface area contributed by atoms with Gasteiger partial charge in [-0.2, -0.15) is 0 Å². The van der Waals surface area contributed by atoms with Crippen molar-refractivity contribution in [3.8, 4) is 5.88 Å². The van der Waals surface area contributed by atoms with Gasteiger partial charge in [0.05, 0.1) is 27.9 Å². The molecule has 1 aromatic rings. The molecule has 0 unspecified atom stereocenters. The summed E-state index contributed by atoms with van der Waals surface area (Å²) in [6, 6.07) is 0. The Morgan fingerprint density at radius 1 is 1.29 bits per heavy atom. The summed E-state index contributed by atoms with van der Waals surface area (Å²) < 4.78 is 5.38. The van der Waals surface area contributed by atoms with Gasteiger partial charge in [0, 0.05) is 14.1 Å². The van der Waals surface area contributed by atoms with E-state index < -0.39 is 0 Å². The van der Waals surface area contributed by atoms with Crippen molar-refractivity contribution in [2.75, 3.05) is 56.7 Å². The molecular formula is C10H18ClN5O. The Morgan fingerprint density at radius 3 is 2.47 bits per heavy atom. The van der Waals surface area contributed by atoms with Crippen LogP contribution in [0.3, 0.4) is 0 Å². The van der Waals surface area contributed by atoms with Crippen LogP contribution in [0.15, 0.2) is 0 Å². The second-order valence-electron chi connectivity index (χ2n) is 4.20. The summed E-state index contributed by atoms with van der Waals surface area (Å²) in [4.78, 5) is 13.9. The molecule has 0 saturated heterocycles. The zero-order valence-corrected chi connectivity index (χ0v) is 11.5. The van der Waals surface area contributed by atoms with Crippen LogP contribution in [0, 0.1) is 0 Å². The van der Waals surface area contributed by atoms with Crippen LogP contribution in [0.2, 0.25) is 0 Å². The second-order valence-corrected chi connectivity index (χ2v) is 4.20. The summed E-state index contributed by atoms with van der Waals surface area (Å²) in [6.07, 6.45) is 0. The summed E-state index contributed by atoms with van der Waals surface area (Å²) >= 11 is 0. The van der Waals surface area contributed by atoms with Gasteiger partial charge in [0.15, 0.2) is 5.69 Å². The van der Waals surface area contributed by atoms with Gasteiger partial charge >= 0.3 is 5.95 Å². The van der Waals surface area contributed by atoms with Crippen LogP contribution in [0.1, 0.15) is 0 Å². The first-order valence-corrected chi connectivity index (χ1v) is 5.15. The molecule has 0 fully saturated rings. The lowest BCUT2D eigenvalue weighted by atomic mass is 10.4. The van der Waals surface area contributed by atoms with Crippen LogP contribution in [-0.2, 0) is 0 Å². The maximum Gasteiger partial charge on any atom is 0.396 e. The van der Waals surface area contributed by atoms with Crippen LogP contribution in [0.4, 0.5) is 17.5 Å². The number of hydrogen-bond acceptors (Lipinski definition) is 5. The first-order chi connectivity index (χ1) is 7.54. The normalized spacial score (nSPS) is 13.2. The number of ether oxygens (including phenoxy) is 1. The molecule has 17 heavy (non-hydrogen) atoms. The van der Waals surface area contributed by atoms with E-state index in [9.17, 15) is 0 Å². The topological polar surface area (TPSA) is 46.0 Å². The summed E-state index contributed by atoms with van der Waals surface area (Å²) in [6.45, 7) is 0.823. The van der Waals surface area contributed by atoms with Crippen LogP contribution in [0.5, 0.6) is 5.88 Å². The maximum absolute atomic E-state index is 5.38. The highest BCUT2D eigenvalue weighted by atomic mass is 35.5. The molecular weight excluding hydrogens is 242 g/mol. The molecule has 0 spiro atoms. The lowest BCUT2D eigenvalue weighted by Crippen LogP contribution is -3.00.